The van der Waals surface area contributed by atoms with Crippen LogP contribution in [0.3, 0.4) is 0 Å². The summed E-state index contributed by atoms with van der Waals surface area (Å²) in [6, 6.07) is 9.55. The molecule has 80 valence electrons. The van der Waals surface area contributed by atoms with Crippen LogP contribution < -0.4 is 5.32 Å². The number of ether oxygens (including phenoxy) is 1. The molecule has 0 aliphatic heterocycles. The molecule has 0 heterocycles. The van der Waals surface area contributed by atoms with E-state index in [4.69, 9.17) is 10.00 Å². The maximum Gasteiger partial charge on any atom is 0.0991 e. The summed E-state index contributed by atoms with van der Waals surface area (Å²) in [5, 5.41) is 11.8. The lowest BCUT2D eigenvalue weighted by Gasteiger charge is -2.04. The average molecular weight is 204 g/mol. The van der Waals surface area contributed by atoms with Crippen molar-refractivity contribution in [2.45, 2.75) is 13.5 Å². The fourth-order valence-corrected chi connectivity index (χ4v) is 1.19. The highest BCUT2D eigenvalue weighted by Crippen LogP contribution is 2.04. The average Bonchev–Trinajstić information content (AvgIpc) is 2.30. The predicted molar refractivity (Wildman–Crippen MR) is 59.4 cm³/mol. The Bertz CT molecular complexity index is 313. The van der Waals surface area contributed by atoms with E-state index >= 15 is 0 Å². The molecule has 0 aliphatic rings. The SMILES string of the molecule is CCNCCOCc1ccc(C#N)cc1. The van der Waals surface area contributed by atoms with Crippen molar-refractivity contribution < 1.29 is 4.74 Å². The minimum Gasteiger partial charge on any atom is -0.375 e. The number of rotatable bonds is 6. The lowest BCUT2D eigenvalue weighted by atomic mass is 10.2. The standard InChI is InChI=1S/C12H16N2O/c1-2-14-7-8-15-10-12-5-3-11(9-13)4-6-12/h3-6,14H,2,7-8,10H2,1H3. The van der Waals surface area contributed by atoms with Crippen LogP contribution in [0.4, 0.5) is 0 Å². The summed E-state index contributed by atoms with van der Waals surface area (Å²) in [4.78, 5) is 0. The molecule has 0 saturated carbocycles. The number of nitrogens with zero attached hydrogens (tertiary/aromatic N) is 1. The first-order valence-corrected chi connectivity index (χ1v) is 5.14. The molecule has 1 aromatic rings. The van der Waals surface area contributed by atoms with Gasteiger partial charge in [-0.25, -0.2) is 0 Å². The summed E-state index contributed by atoms with van der Waals surface area (Å²) in [7, 11) is 0. The Kier molecular flexibility index (Phi) is 5.46. The first-order chi connectivity index (χ1) is 7.36. The largest absolute Gasteiger partial charge is 0.375 e. The molecule has 3 heteroatoms. The lowest BCUT2D eigenvalue weighted by molar-refractivity contribution is 0.123. The van der Waals surface area contributed by atoms with E-state index in [1.54, 1.807) is 0 Å². The van der Waals surface area contributed by atoms with Gasteiger partial charge < -0.3 is 10.1 Å². The zero-order valence-electron chi connectivity index (χ0n) is 8.99. The highest BCUT2D eigenvalue weighted by molar-refractivity contribution is 5.31. The summed E-state index contributed by atoms with van der Waals surface area (Å²) in [6.07, 6.45) is 0. The fourth-order valence-electron chi connectivity index (χ4n) is 1.19. The van der Waals surface area contributed by atoms with Gasteiger partial charge in [0.1, 0.15) is 0 Å². The molecule has 0 radical (unpaired) electrons. The second kappa shape index (κ2) is 6.99. The van der Waals surface area contributed by atoms with Gasteiger partial charge in [0.05, 0.1) is 24.8 Å². The van der Waals surface area contributed by atoms with E-state index in [1.807, 2.05) is 24.3 Å². The van der Waals surface area contributed by atoms with Gasteiger partial charge in [0.2, 0.25) is 0 Å². The molecule has 1 N–H and O–H groups in total. The summed E-state index contributed by atoms with van der Waals surface area (Å²) in [6.45, 7) is 5.25. The van der Waals surface area contributed by atoms with Gasteiger partial charge >= 0.3 is 0 Å². The van der Waals surface area contributed by atoms with Gasteiger partial charge in [-0.1, -0.05) is 19.1 Å². The van der Waals surface area contributed by atoms with Crippen molar-refractivity contribution >= 4 is 0 Å². The maximum atomic E-state index is 8.61. The summed E-state index contributed by atoms with van der Waals surface area (Å²) < 4.78 is 5.45. The Labute approximate surface area is 90.7 Å². The van der Waals surface area contributed by atoms with Crippen molar-refractivity contribution in [3.05, 3.63) is 35.4 Å². The van der Waals surface area contributed by atoms with Gasteiger partial charge in [0.25, 0.3) is 0 Å². The Morgan fingerprint density at radius 1 is 1.33 bits per heavy atom. The third-order valence-electron chi connectivity index (χ3n) is 2.02. The molecule has 0 spiro atoms. The number of likely N-dealkylation sites (N-methyl/N-ethyl adjacent to an activating group) is 1. The first kappa shape index (κ1) is 11.7. The zero-order valence-corrected chi connectivity index (χ0v) is 8.99. The molecule has 0 fully saturated rings. The van der Waals surface area contributed by atoms with Crippen molar-refractivity contribution in [2.75, 3.05) is 19.7 Å². The molecule has 0 unspecified atom stereocenters. The van der Waals surface area contributed by atoms with E-state index in [-0.39, 0.29) is 0 Å². The van der Waals surface area contributed by atoms with Crippen LogP contribution in [0.1, 0.15) is 18.1 Å². The molecular formula is C12H16N2O. The van der Waals surface area contributed by atoms with Crippen LogP contribution in [0.25, 0.3) is 0 Å². The summed E-state index contributed by atoms with van der Waals surface area (Å²) >= 11 is 0. The quantitative estimate of drug-likeness (QED) is 0.717. The number of nitrogens with one attached hydrogen (secondary N) is 1. The molecule has 0 aromatic heterocycles. The minimum atomic E-state index is 0.608. The smallest absolute Gasteiger partial charge is 0.0991 e. The molecule has 0 saturated heterocycles. The van der Waals surface area contributed by atoms with E-state index in [1.165, 1.54) is 0 Å². The molecular weight excluding hydrogens is 188 g/mol. The molecule has 0 bridgehead atoms. The van der Waals surface area contributed by atoms with Crippen LogP contribution in [-0.4, -0.2) is 19.7 Å². The third kappa shape index (κ3) is 4.59. The maximum absolute atomic E-state index is 8.61. The summed E-state index contributed by atoms with van der Waals surface area (Å²) in [5.74, 6) is 0. The molecule has 1 rings (SSSR count). The van der Waals surface area contributed by atoms with E-state index < -0.39 is 0 Å². The first-order valence-electron chi connectivity index (χ1n) is 5.14. The summed E-state index contributed by atoms with van der Waals surface area (Å²) in [5.41, 5.74) is 1.79. The Hall–Kier alpha value is -1.37. The van der Waals surface area contributed by atoms with Crippen molar-refractivity contribution in [1.29, 1.82) is 5.26 Å². The second-order valence-electron chi connectivity index (χ2n) is 3.21. The van der Waals surface area contributed by atoms with Crippen LogP contribution in [0.15, 0.2) is 24.3 Å². The van der Waals surface area contributed by atoms with E-state index in [9.17, 15) is 0 Å². The van der Waals surface area contributed by atoms with Crippen LogP contribution in [0, 0.1) is 11.3 Å². The fraction of sp³-hybridized carbons (Fsp3) is 0.417. The van der Waals surface area contributed by atoms with Gasteiger partial charge in [-0.05, 0) is 24.2 Å². The molecule has 0 aliphatic carbocycles. The van der Waals surface area contributed by atoms with Crippen LogP contribution >= 0.6 is 0 Å². The molecule has 3 nitrogen and oxygen atoms in total. The number of hydrogen-bond acceptors (Lipinski definition) is 3. The molecule has 0 atom stereocenters. The van der Waals surface area contributed by atoms with Crippen LogP contribution in [0.5, 0.6) is 0 Å². The van der Waals surface area contributed by atoms with Crippen LogP contribution in [-0.2, 0) is 11.3 Å². The third-order valence-corrected chi connectivity index (χ3v) is 2.02. The number of benzene rings is 1. The highest BCUT2D eigenvalue weighted by Gasteiger charge is 1.94. The molecule has 15 heavy (non-hydrogen) atoms. The van der Waals surface area contributed by atoms with Crippen LogP contribution in [0.2, 0.25) is 0 Å². The monoisotopic (exact) mass is 204 g/mol. The predicted octanol–water partition coefficient (Wildman–Crippen LogP) is 1.68. The normalized spacial score (nSPS) is 9.87. The zero-order chi connectivity index (χ0) is 10.9. The second-order valence-corrected chi connectivity index (χ2v) is 3.21. The Morgan fingerprint density at radius 3 is 2.67 bits per heavy atom. The van der Waals surface area contributed by atoms with Gasteiger partial charge in [0.15, 0.2) is 0 Å². The van der Waals surface area contributed by atoms with Crippen molar-refractivity contribution in [1.82, 2.24) is 5.32 Å². The minimum absolute atomic E-state index is 0.608. The van der Waals surface area contributed by atoms with Gasteiger partial charge in [-0.3, -0.25) is 0 Å². The van der Waals surface area contributed by atoms with E-state index in [0.717, 1.165) is 18.7 Å². The number of nitriles is 1. The Morgan fingerprint density at radius 2 is 2.07 bits per heavy atom. The lowest BCUT2D eigenvalue weighted by Crippen LogP contribution is -2.18. The van der Waals surface area contributed by atoms with Crippen molar-refractivity contribution in [3.8, 4) is 6.07 Å². The van der Waals surface area contributed by atoms with Crippen molar-refractivity contribution in [2.24, 2.45) is 0 Å². The number of hydrogen-bond donors (Lipinski definition) is 1. The van der Waals surface area contributed by atoms with E-state index in [0.29, 0.717) is 18.8 Å². The van der Waals surface area contributed by atoms with Gasteiger partial charge in [-0.2, -0.15) is 5.26 Å². The highest BCUT2D eigenvalue weighted by atomic mass is 16.5. The molecule has 0 amide bonds. The van der Waals surface area contributed by atoms with Gasteiger partial charge in [0, 0.05) is 6.54 Å². The topological polar surface area (TPSA) is 45.0 Å². The Balaban J connectivity index is 2.23. The van der Waals surface area contributed by atoms with Crippen molar-refractivity contribution in [3.63, 3.8) is 0 Å². The molecule has 1 aromatic carbocycles. The van der Waals surface area contributed by atoms with Gasteiger partial charge in [-0.15, -0.1) is 0 Å². The van der Waals surface area contributed by atoms with E-state index in [2.05, 4.69) is 18.3 Å².